The molecule has 0 spiro atoms. The lowest BCUT2D eigenvalue weighted by atomic mass is 9.92. The van der Waals surface area contributed by atoms with Crippen molar-refractivity contribution in [1.29, 1.82) is 0 Å². The van der Waals surface area contributed by atoms with Crippen molar-refractivity contribution in [3.63, 3.8) is 0 Å². The van der Waals surface area contributed by atoms with Gasteiger partial charge in [0.15, 0.2) is 0 Å². The van der Waals surface area contributed by atoms with E-state index in [2.05, 4.69) is 31.1 Å². The van der Waals surface area contributed by atoms with Crippen molar-refractivity contribution in [2.45, 2.75) is 53.0 Å². The average molecular weight is 508 g/mol. The van der Waals surface area contributed by atoms with Crippen LogP contribution in [0.25, 0.3) is 22.2 Å². The third-order valence-corrected chi connectivity index (χ3v) is 5.88. The highest BCUT2D eigenvalue weighted by molar-refractivity contribution is 5.99. The van der Waals surface area contributed by atoms with Gasteiger partial charge in [-0.2, -0.15) is 4.98 Å². The van der Waals surface area contributed by atoms with E-state index in [-0.39, 0.29) is 28.6 Å². The van der Waals surface area contributed by atoms with Crippen LogP contribution in [0.4, 0.5) is 26.7 Å². The van der Waals surface area contributed by atoms with Crippen LogP contribution in [0.15, 0.2) is 39.8 Å². The monoisotopic (exact) mass is 507 g/mol. The van der Waals surface area contributed by atoms with Crippen LogP contribution in [0.2, 0.25) is 0 Å². The number of anilines is 3. The molecule has 194 valence electrons. The number of aromatic nitrogens is 4. The van der Waals surface area contributed by atoms with E-state index in [9.17, 15) is 14.0 Å². The third-order valence-electron chi connectivity index (χ3n) is 5.88. The van der Waals surface area contributed by atoms with Crippen LogP contribution in [0.5, 0.6) is 0 Å². The van der Waals surface area contributed by atoms with E-state index >= 15 is 0 Å². The Hall–Kier alpha value is -4.28. The second-order valence-electron chi connectivity index (χ2n) is 10.1. The largest absolute Gasteiger partial charge is 0.357 e. The number of rotatable bonds is 5. The maximum absolute atomic E-state index is 14.9. The molecule has 3 heterocycles. The number of benzene rings is 1. The van der Waals surface area contributed by atoms with Crippen molar-refractivity contribution in [2.75, 3.05) is 23.0 Å². The van der Waals surface area contributed by atoms with Gasteiger partial charge in [0.05, 0.1) is 11.4 Å². The Bertz CT molecular complexity index is 1550. The van der Waals surface area contributed by atoms with E-state index in [0.717, 1.165) is 0 Å². The molecule has 0 aliphatic carbocycles. The number of carbonyl (C=O) groups is 1. The summed E-state index contributed by atoms with van der Waals surface area (Å²) >= 11 is 0. The van der Waals surface area contributed by atoms with Gasteiger partial charge in [-0.3, -0.25) is 14.7 Å². The molecule has 3 aromatic heterocycles. The molecule has 1 aromatic carbocycles. The van der Waals surface area contributed by atoms with Gasteiger partial charge in [-0.25, -0.2) is 14.2 Å². The molecule has 11 heteroatoms. The summed E-state index contributed by atoms with van der Waals surface area (Å²) in [6.45, 7) is 11.4. The van der Waals surface area contributed by atoms with Crippen LogP contribution in [0.3, 0.4) is 0 Å². The molecule has 3 N–H and O–H groups in total. The van der Waals surface area contributed by atoms with E-state index in [1.54, 1.807) is 36.9 Å². The molecule has 0 saturated carbocycles. The number of aryl methyl sites for hydroxylation is 1. The number of nitrogens with zero attached hydrogens (tertiary/aromatic N) is 4. The van der Waals surface area contributed by atoms with Gasteiger partial charge in [0, 0.05) is 41.7 Å². The maximum atomic E-state index is 14.9. The minimum absolute atomic E-state index is 0.0916. The lowest BCUT2D eigenvalue weighted by Gasteiger charge is -2.17. The van der Waals surface area contributed by atoms with Gasteiger partial charge in [-0.05, 0) is 50.1 Å². The van der Waals surface area contributed by atoms with Gasteiger partial charge in [0.25, 0.3) is 5.56 Å². The highest BCUT2D eigenvalue weighted by atomic mass is 19.1. The number of amides is 2. The van der Waals surface area contributed by atoms with Crippen LogP contribution >= 0.6 is 0 Å². The Balaban J connectivity index is 1.73. The minimum Gasteiger partial charge on any atom is -0.357 e. The van der Waals surface area contributed by atoms with E-state index in [0.29, 0.717) is 39.4 Å². The summed E-state index contributed by atoms with van der Waals surface area (Å²) in [6, 6.07) is 5.11. The minimum atomic E-state index is -0.712. The number of nitrogens with one attached hydrogen (secondary N) is 3. The molecule has 10 nitrogen and oxygen atoms in total. The summed E-state index contributed by atoms with van der Waals surface area (Å²) in [7, 11) is 1.70. The summed E-state index contributed by atoms with van der Waals surface area (Å²) in [4.78, 5) is 34.9. The van der Waals surface area contributed by atoms with Crippen molar-refractivity contribution in [2.24, 2.45) is 0 Å². The quantitative estimate of drug-likeness (QED) is 0.327. The number of hydrogen-bond acceptors (Lipinski definition) is 7. The van der Waals surface area contributed by atoms with Crippen molar-refractivity contribution >= 4 is 34.6 Å². The zero-order chi connectivity index (χ0) is 27.1. The van der Waals surface area contributed by atoms with Gasteiger partial charge in [-0.1, -0.05) is 25.9 Å². The zero-order valence-electron chi connectivity index (χ0n) is 21.9. The summed E-state index contributed by atoms with van der Waals surface area (Å²) in [5, 5.41) is 12.5. The molecule has 0 atom stereocenters. The fourth-order valence-corrected chi connectivity index (χ4v) is 3.92. The third kappa shape index (κ3) is 5.16. The van der Waals surface area contributed by atoms with E-state index in [4.69, 9.17) is 4.52 Å². The average Bonchev–Trinajstić information content (AvgIpc) is 3.29. The lowest BCUT2D eigenvalue weighted by molar-refractivity contribution is 0.261. The molecule has 0 radical (unpaired) electrons. The number of pyridine rings is 1. The number of hydrogen-bond donors (Lipinski definition) is 3. The lowest BCUT2D eigenvalue weighted by Crippen LogP contribution is -2.25. The van der Waals surface area contributed by atoms with E-state index in [1.807, 2.05) is 34.6 Å². The first kappa shape index (κ1) is 25.8. The Morgan fingerprint density at radius 3 is 2.46 bits per heavy atom. The van der Waals surface area contributed by atoms with Crippen LogP contribution in [-0.2, 0) is 5.41 Å². The van der Waals surface area contributed by atoms with Crippen LogP contribution in [0.1, 0.15) is 51.9 Å². The molecule has 0 unspecified atom stereocenters. The summed E-state index contributed by atoms with van der Waals surface area (Å²) < 4.78 is 21.6. The van der Waals surface area contributed by atoms with Crippen molar-refractivity contribution in [3.8, 4) is 11.1 Å². The first-order chi connectivity index (χ1) is 17.4. The molecule has 0 fully saturated rings. The van der Waals surface area contributed by atoms with Crippen molar-refractivity contribution in [3.05, 3.63) is 57.9 Å². The van der Waals surface area contributed by atoms with Crippen LogP contribution < -0.4 is 21.5 Å². The highest BCUT2D eigenvalue weighted by Crippen LogP contribution is 2.30. The maximum Gasteiger partial charge on any atom is 0.326 e. The standard InChI is InChI=1S/C26H30FN7O3/c1-13(2)34-22-15(12-29-24(28-7)32-22)9-17(23(34)35)16-10-19(18(27)8-14(16)3)30-25(36)31-21-11-20(33-37-21)26(4,5)6/h8-13H,1-7H3,(H,28,29,32)(H2,30,31,36). The Labute approximate surface area is 213 Å². The number of carbonyl (C=O) groups excluding carboxylic acids is 1. The molecule has 0 saturated heterocycles. The molecule has 0 bridgehead atoms. The van der Waals surface area contributed by atoms with Crippen LogP contribution in [0, 0.1) is 12.7 Å². The van der Waals surface area contributed by atoms with Gasteiger partial charge in [-0.15, -0.1) is 0 Å². The normalized spacial score (nSPS) is 11.7. The number of urea groups is 1. The Morgan fingerprint density at radius 1 is 1.11 bits per heavy atom. The predicted octanol–water partition coefficient (Wildman–Crippen LogP) is 5.46. The fourth-order valence-electron chi connectivity index (χ4n) is 3.92. The molecule has 0 aliphatic heterocycles. The summed E-state index contributed by atoms with van der Waals surface area (Å²) in [6.07, 6.45) is 1.63. The summed E-state index contributed by atoms with van der Waals surface area (Å²) in [5.41, 5.74) is 1.86. The molecular weight excluding hydrogens is 477 g/mol. The van der Waals surface area contributed by atoms with Gasteiger partial charge in [0.2, 0.25) is 11.8 Å². The fraction of sp³-hybridized carbons (Fsp3) is 0.346. The van der Waals surface area contributed by atoms with Gasteiger partial charge < -0.3 is 15.2 Å². The summed E-state index contributed by atoms with van der Waals surface area (Å²) in [5.74, 6) is -0.118. The second-order valence-corrected chi connectivity index (χ2v) is 10.1. The van der Waals surface area contributed by atoms with Gasteiger partial charge in [0.1, 0.15) is 11.5 Å². The van der Waals surface area contributed by atoms with Crippen molar-refractivity contribution < 1.29 is 13.7 Å². The van der Waals surface area contributed by atoms with E-state index < -0.39 is 11.8 Å². The molecule has 0 aliphatic rings. The topological polar surface area (TPSA) is 127 Å². The smallest absolute Gasteiger partial charge is 0.326 e. The first-order valence-corrected chi connectivity index (χ1v) is 11.8. The first-order valence-electron chi connectivity index (χ1n) is 11.8. The Kier molecular flexibility index (Phi) is 6.72. The predicted molar refractivity (Wildman–Crippen MR) is 142 cm³/mol. The Morgan fingerprint density at radius 2 is 1.84 bits per heavy atom. The number of halogens is 1. The number of fused-ring (bicyclic) bond motifs is 1. The molecule has 2 amide bonds. The zero-order valence-corrected chi connectivity index (χ0v) is 21.9. The molecule has 4 rings (SSSR count). The second kappa shape index (κ2) is 9.64. The highest BCUT2D eigenvalue weighted by Gasteiger charge is 2.21. The molecular formula is C26H30FN7O3. The molecule has 4 aromatic rings. The van der Waals surface area contributed by atoms with Gasteiger partial charge >= 0.3 is 6.03 Å². The van der Waals surface area contributed by atoms with E-state index in [1.165, 1.54) is 12.1 Å². The SMILES string of the molecule is CNc1ncc2cc(-c3cc(NC(=O)Nc4cc(C(C)(C)C)no4)c(F)cc3C)c(=O)n(C(C)C)c2n1. The van der Waals surface area contributed by atoms with Crippen LogP contribution in [-0.4, -0.2) is 32.8 Å². The van der Waals surface area contributed by atoms with Crippen molar-refractivity contribution in [1.82, 2.24) is 19.7 Å². The molecule has 37 heavy (non-hydrogen) atoms.